The molecule has 0 fully saturated rings. The fourth-order valence-corrected chi connectivity index (χ4v) is 2.62. The van der Waals surface area contributed by atoms with Crippen molar-refractivity contribution in [1.29, 1.82) is 0 Å². The van der Waals surface area contributed by atoms with Crippen LogP contribution in [0.2, 0.25) is 5.02 Å². The summed E-state index contributed by atoms with van der Waals surface area (Å²) in [5.41, 5.74) is 2.33. The van der Waals surface area contributed by atoms with Gasteiger partial charge in [-0.25, -0.2) is 0 Å². The second-order valence-corrected chi connectivity index (χ2v) is 5.30. The summed E-state index contributed by atoms with van der Waals surface area (Å²) in [6.07, 6.45) is 4.33. The van der Waals surface area contributed by atoms with Gasteiger partial charge in [0.1, 0.15) is 0 Å². The van der Waals surface area contributed by atoms with Crippen LogP contribution in [0.25, 0.3) is 0 Å². The van der Waals surface area contributed by atoms with Crippen molar-refractivity contribution in [2.45, 2.75) is 12.5 Å². The number of halogens is 2. The van der Waals surface area contributed by atoms with E-state index in [9.17, 15) is 0 Å². The average Bonchev–Trinajstić information content (AvgIpc) is 2.39. The number of aromatic nitrogens is 1. The Morgan fingerprint density at radius 3 is 2.78 bits per heavy atom. The van der Waals surface area contributed by atoms with E-state index in [2.05, 4.69) is 38.4 Å². The molecule has 18 heavy (non-hydrogen) atoms. The van der Waals surface area contributed by atoms with E-state index in [1.54, 1.807) is 12.4 Å². The summed E-state index contributed by atoms with van der Waals surface area (Å²) in [7, 11) is 1.94. The molecule has 1 unspecified atom stereocenters. The van der Waals surface area contributed by atoms with Crippen LogP contribution in [0.4, 0.5) is 0 Å². The second-order valence-electron chi connectivity index (χ2n) is 4.03. The quantitative estimate of drug-likeness (QED) is 0.919. The number of pyridine rings is 1. The zero-order chi connectivity index (χ0) is 13.0. The molecular weight excluding hydrogens is 312 g/mol. The van der Waals surface area contributed by atoms with Gasteiger partial charge in [0.2, 0.25) is 0 Å². The van der Waals surface area contributed by atoms with Crippen LogP contribution in [0.5, 0.6) is 0 Å². The number of rotatable bonds is 4. The van der Waals surface area contributed by atoms with Crippen LogP contribution in [0.15, 0.2) is 47.2 Å². The Kier molecular flexibility index (Phi) is 4.75. The molecule has 0 bridgehead atoms. The van der Waals surface area contributed by atoms with E-state index in [1.807, 2.05) is 25.2 Å². The third-order valence-electron chi connectivity index (χ3n) is 2.91. The summed E-state index contributed by atoms with van der Waals surface area (Å²) < 4.78 is 1.12. The topological polar surface area (TPSA) is 24.9 Å². The van der Waals surface area contributed by atoms with Gasteiger partial charge in [0.25, 0.3) is 0 Å². The first-order valence-corrected chi connectivity index (χ1v) is 6.89. The third kappa shape index (κ3) is 3.10. The molecule has 0 aliphatic rings. The lowest BCUT2D eigenvalue weighted by Crippen LogP contribution is -2.19. The molecule has 0 saturated heterocycles. The van der Waals surface area contributed by atoms with Crippen molar-refractivity contribution in [3.8, 4) is 0 Å². The highest BCUT2D eigenvalue weighted by Crippen LogP contribution is 2.27. The first-order valence-electron chi connectivity index (χ1n) is 5.72. The minimum absolute atomic E-state index is 0.180. The van der Waals surface area contributed by atoms with E-state index in [4.69, 9.17) is 11.6 Å². The molecule has 94 valence electrons. The largest absolute Gasteiger partial charge is 0.313 e. The smallest absolute Gasteiger partial charge is 0.0637 e. The van der Waals surface area contributed by atoms with E-state index in [0.717, 1.165) is 16.5 Å². The second kappa shape index (κ2) is 6.32. The first kappa shape index (κ1) is 13.5. The number of nitrogens with zero attached hydrogens (tertiary/aromatic N) is 1. The Balaban J connectivity index is 2.26. The Bertz CT molecular complexity index is 531. The highest BCUT2D eigenvalue weighted by Gasteiger charge is 2.14. The zero-order valence-electron chi connectivity index (χ0n) is 10.0. The first-order chi connectivity index (χ1) is 8.72. The number of hydrogen-bond donors (Lipinski definition) is 1. The maximum atomic E-state index is 6.19. The van der Waals surface area contributed by atoms with Crippen LogP contribution in [-0.4, -0.2) is 12.0 Å². The van der Waals surface area contributed by atoms with E-state index in [1.165, 1.54) is 5.56 Å². The van der Waals surface area contributed by atoms with Crippen molar-refractivity contribution in [3.63, 3.8) is 0 Å². The van der Waals surface area contributed by atoms with Crippen LogP contribution in [0, 0.1) is 0 Å². The Hall–Kier alpha value is -0.900. The normalized spacial score (nSPS) is 12.4. The van der Waals surface area contributed by atoms with E-state index >= 15 is 0 Å². The Labute approximate surface area is 121 Å². The third-order valence-corrected chi connectivity index (χ3v) is 4.00. The van der Waals surface area contributed by atoms with Gasteiger partial charge in [0.15, 0.2) is 0 Å². The van der Waals surface area contributed by atoms with Crippen molar-refractivity contribution >= 4 is 27.5 Å². The molecule has 1 aromatic carbocycles. The molecule has 2 aromatic rings. The fourth-order valence-electron chi connectivity index (χ4n) is 1.92. The summed E-state index contributed by atoms with van der Waals surface area (Å²) in [6.45, 7) is 0. The molecule has 4 heteroatoms. The minimum atomic E-state index is 0.180. The van der Waals surface area contributed by atoms with Crippen molar-refractivity contribution in [2.75, 3.05) is 7.05 Å². The van der Waals surface area contributed by atoms with Gasteiger partial charge in [-0.05, 0) is 36.7 Å². The number of benzene rings is 1. The molecule has 0 aliphatic carbocycles. The van der Waals surface area contributed by atoms with E-state index < -0.39 is 0 Å². The van der Waals surface area contributed by atoms with Crippen LogP contribution in [0.3, 0.4) is 0 Å². The predicted molar refractivity (Wildman–Crippen MR) is 78.9 cm³/mol. The van der Waals surface area contributed by atoms with Crippen molar-refractivity contribution < 1.29 is 0 Å². The molecule has 2 rings (SSSR count). The fraction of sp³-hybridized carbons (Fsp3) is 0.214. The highest BCUT2D eigenvalue weighted by atomic mass is 79.9. The van der Waals surface area contributed by atoms with Crippen molar-refractivity contribution in [1.82, 2.24) is 10.3 Å². The van der Waals surface area contributed by atoms with Gasteiger partial charge in [0, 0.05) is 22.9 Å². The van der Waals surface area contributed by atoms with Gasteiger partial charge in [-0.2, -0.15) is 0 Å². The molecular formula is C14H14BrClN2. The Morgan fingerprint density at radius 2 is 2.11 bits per heavy atom. The molecule has 1 aromatic heterocycles. The van der Waals surface area contributed by atoms with Gasteiger partial charge in [0.05, 0.1) is 5.02 Å². The number of likely N-dealkylation sites (N-methyl/N-ethyl adjacent to an activating group) is 1. The van der Waals surface area contributed by atoms with Crippen LogP contribution in [0.1, 0.15) is 17.2 Å². The SMILES string of the molecule is CNC(Cc1ccccc1Br)c1ccncc1Cl. The summed E-state index contributed by atoms with van der Waals surface area (Å²) in [5, 5.41) is 4.00. The van der Waals surface area contributed by atoms with E-state index in [-0.39, 0.29) is 6.04 Å². The lowest BCUT2D eigenvalue weighted by atomic mass is 10.00. The van der Waals surface area contributed by atoms with Crippen LogP contribution < -0.4 is 5.32 Å². The maximum absolute atomic E-state index is 6.19. The summed E-state index contributed by atoms with van der Waals surface area (Å²) >= 11 is 9.76. The highest BCUT2D eigenvalue weighted by molar-refractivity contribution is 9.10. The standard InChI is InChI=1S/C14H14BrClN2/c1-17-14(11-6-7-18-9-13(11)16)8-10-4-2-3-5-12(10)15/h2-7,9,14,17H,8H2,1H3. The van der Waals surface area contributed by atoms with E-state index in [0.29, 0.717) is 5.02 Å². The van der Waals surface area contributed by atoms with Gasteiger partial charge in [-0.15, -0.1) is 0 Å². The number of hydrogen-bond acceptors (Lipinski definition) is 2. The van der Waals surface area contributed by atoms with Crippen LogP contribution >= 0.6 is 27.5 Å². The maximum Gasteiger partial charge on any atom is 0.0637 e. The van der Waals surface area contributed by atoms with Gasteiger partial charge >= 0.3 is 0 Å². The molecule has 0 spiro atoms. The monoisotopic (exact) mass is 324 g/mol. The minimum Gasteiger partial charge on any atom is -0.313 e. The molecule has 0 radical (unpaired) electrons. The molecule has 0 saturated carbocycles. The molecule has 1 atom stereocenters. The van der Waals surface area contributed by atoms with Crippen molar-refractivity contribution in [2.24, 2.45) is 0 Å². The lowest BCUT2D eigenvalue weighted by molar-refractivity contribution is 0.590. The lowest BCUT2D eigenvalue weighted by Gasteiger charge is -2.18. The predicted octanol–water partition coefficient (Wildman–Crippen LogP) is 4.00. The summed E-state index contributed by atoms with van der Waals surface area (Å²) in [5.74, 6) is 0. The molecule has 1 N–H and O–H groups in total. The zero-order valence-corrected chi connectivity index (χ0v) is 12.4. The van der Waals surface area contributed by atoms with Crippen LogP contribution in [-0.2, 0) is 6.42 Å². The van der Waals surface area contributed by atoms with Crippen molar-refractivity contribution in [3.05, 3.63) is 63.3 Å². The summed E-state index contributed by atoms with van der Waals surface area (Å²) in [4.78, 5) is 4.02. The average molecular weight is 326 g/mol. The van der Waals surface area contributed by atoms with Gasteiger partial charge < -0.3 is 5.32 Å². The molecule has 1 heterocycles. The summed E-state index contributed by atoms with van der Waals surface area (Å²) in [6, 6.07) is 10.4. The molecule has 2 nitrogen and oxygen atoms in total. The Morgan fingerprint density at radius 1 is 1.33 bits per heavy atom. The van der Waals surface area contributed by atoms with Gasteiger partial charge in [-0.3, -0.25) is 4.98 Å². The molecule has 0 aliphatic heterocycles. The number of nitrogens with one attached hydrogen (secondary N) is 1. The molecule has 0 amide bonds. The van der Waals surface area contributed by atoms with Gasteiger partial charge in [-0.1, -0.05) is 45.7 Å².